The van der Waals surface area contributed by atoms with Gasteiger partial charge in [-0.15, -0.1) is 0 Å². The predicted octanol–water partition coefficient (Wildman–Crippen LogP) is 1.64. The molecular weight excluding hydrogens is 252 g/mol. The molecule has 1 aromatic heterocycles. The Balaban J connectivity index is 3.01. The number of hydrogen-bond donors (Lipinski definition) is 2. The molecule has 0 saturated carbocycles. The highest BCUT2D eigenvalue weighted by atomic mass is 16.6. The molecule has 0 bridgehead atoms. The summed E-state index contributed by atoms with van der Waals surface area (Å²) < 4.78 is 1.52. The van der Waals surface area contributed by atoms with Gasteiger partial charge < -0.3 is 10.4 Å². The van der Waals surface area contributed by atoms with Crippen LogP contribution in [0.1, 0.15) is 26.0 Å². The van der Waals surface area contributed by atoms with E-state index in [9.17, 15) is 14.9 Å². The van der Waals surface area contributed by atoms with Crippen LogP contribution in [-0.4, -0.2) is 32.3 Å². The average molecular weight is 270 g/mol. The highest BCUT2D eigenvalue weighted by Crippen LogP contribution is 2.28. The summed E-state index contributed by atoms with van der Waals surface area (Å²) in [4.78, 5) is 21.3. The van der Waals surface area contributed by atoms with Crippen molar-refractivity contribution in [2.24, 2.45) is 5.92 Å². The zero-order valence-electron chi connectivity index (χ0n) is 11.2. The minimum absolute atomic E-state index is 0.0916. The molecule has 1 aromatic rings. The van der Waals surface area contributed by atoms with Crippen molar-refractivity contribution >= 4 is 17.5 Å². The lowest BCUT2D eigenvalue weighted by molar-refractivity contribution is -0.384. The molecule has 0 aliphatic carbocycles. The van der Waals surface area contributed by atoms with Crippen molar-refractivity contribution in [2.75, 3.05) is 11.9 Å². The topological polar surface area (TPSA) is 110 Å². The van der Waals surface area contributed by atoms with E-state index in [0.29, 0.717) is 12.2 Å². The third kappa shape index (κ3) is 3.43. The van der Waals surface area contributed by atoms with E-state index in [0.717, 1.165) is 6.42 Å². The zero-order chi connectivity index (χ0) is 14.6. The molecule has 8 nitrogen and oxygen atoms in total. The molecular formula is C11H18N4O4. The van der Waals surface area contributed by atoms with Gasteiger partial charge in [-0.3, -0.25) is 14.9 Å². The molecule has 106 valence electrons. The standard InChI is InChI=1S/C11H18N4O4/c1-4-5-14-10(12-6-7(2)11(16)17)9(15(18)19)8(3)13-14/h7,12H,4-6H2,1-3H3,(H,16,17). The molecule has 0 aliphatic heterocycles. The average Bonchev–Trinajstić information content (AvgIpc) is 2.62. The third-order valence-electron chi connectivity index (χ3n) is 2.71. The summed E-state index contributed by atoms with van der Waals surface area (Å²) >= 11 is 0. The molecule has 8 heteroatoms. The Morgan fingerprint density at radius 2 is 2.26 bits per heavy atom. The lowest BCUT2D eigenvalue weighted by Crippen LogP contribution is -2.21. The monoisotopic (exact) mass is 270 g/mol. The van der Waals surface area contributed by atoms with E-state index in [1.165, 1.54) is 11.6 Å². The number of hydrogen-bond acceptors (Lipinski definition) is 5. The first kappa shape index (κ1) is 14.9. The highest BCUT2D eigenvalue weighted by molar-refractivity contribution is 5.70. The highest BCUT2D eigenvalue weighted by Gasteiger charge is 2.25. The van der Waals surface area contributed by atoms with Crippen LogP contribution in [0.4, 0.5) is 11.5 Å². The number of nitro groups is 1. The summed E-state index contributed by atoms with van der Waals surface area (Å²) in [5, 5.41) is 26.8. The summed E-state index contributed by atoms with van der Waals surface area (Å²) in [6.45, 7) is 5.70. The molecule has 0 radical (unpaired) electrons. The fourth-order valence-electron chi connectivity index (χ4n) is 1.68. The van der Waals surface area contributed by atoms with Crippen LogP contribution in [0.3, 0.4) is 0 Å². The summed E-state index contributed by atoms with van der Waals surface area (Å²) in [5.74, 6) is -1.31. The van der Waals surface area contributed by atoms with E-state index in [2.05, 4.69) is 10.4 Å². The Hall–Kier alpha value is -2.12. The number of carboxylic acids is 1. The van der Waals surface area contributed by atoms with Crippen molar-refractivity contribution in [3.05, 3.63) is 15.8 Å². The number of anilines is 1. The van der Waals surface area contributed by atoms with Gasteiger partial charge in [-0.05, 0) is 13.3 Å². The number of nitrogens with one attached hydrogen (secondary N) is 1. The first-order valence-electron chi connectivity index (χ1n) is 6.06. The molecule has 0 amide bonds. The van der Waals surface area contributed by atoms with Crippen LogP contribution in [0.25, 0.3) is 0 Å². The van der Waals surface area contributed by atoms with Gasteiger partial charge in [0.1, 0.15) is 5.69 Å². The molecule has 1 unspecified atom stereocenters. The largest absolute Gasteiger partial charge is 0.481 e. The van der Waals surface area contributed by atoms with Gasteiger partial charge in [0.2, 0.25) is 5.82 Å². The second kappa shape index (κ2) is 6.17. The summed E-state index contributed by atoms with van der Waals surface area (Å²) in [5.41, 5.74) is 0.231. The Bertz CT molecular complexity index is 483. The maximum Gasteiger partial charge on any atom is 0.333 e. The van der Waals surface area contributed by atoms with Crippen LogP contribution in [-0.2, 0) is 11.3 Å². The molecule has 1 heterocycles. The smallest absolute Gasteiger partial charge is 0.333 e. The molecule has 19 heavy (non-hydrogen) atoms. The fourth-order valence-corrected chi connectivity index (χ4v) is 1.68. The van der Waals surface area contributed by atoms with Crippen LogP contribution < -0.4 is 5.32 Å². The molecule has 0 aromatic carbocycles. The lowest BCUT2D eigenvalue weighted by Gasteiger charge is -2.10. The van der Waals surface area contributed by atoms with Gasteiger partial charge in [0.15, 0.2) is 0 Å². The normalized spacial score (nSPS) is 12.2. The molecule has 0 fully saturated rings. The number of aryl methyl sites for hydroxylation is 2. The summed E-state index contributed by atoms with van der Waals surface area (Å²) in [7, 11) is 0. The van der Waals surface area contributed by atoms with Gasteiger partial charge in [-0.25, -0.2) is 4.68 Å². The van der Waals surface area contributed by atoms with Gasteiger partial charge in [0, 0.05) is 13.1 Å². The quantitative estimate of drug-likeness (QED) is 0.575. The van der Waals surface area contributed by atoms with Crippen LogP contribution >= 0.6 is 0 Å². The van der Waals surface area contributed by atoms with Gasteiger partial charge >= 0.3 is 11.7 Å². The number of rotatable bonds is 7. The second-order valence-corrected chi connectivity index (χ2v) is 4.38. The number of carbonyl (C=O) groups is 1. The Morgan fingerprint density at radius 1 is 1.63 bits per heavy atom. The molecule has 0 spiro atoms. The maximum atomic E-state index is 11.0. The van der Waals surface area contributed by atoms with Crippen LogP contribution in [0.5, 0.6) is 0 Å². The van der Waals surface area contributed by atoms with Crippen LogP contribution in [0.2, 0.25) is 0 Å². The lowest BCUT2D eigenvalue weighted by atomic mass is 10.2. The Morgan fingerprint density at radius 3 is 2.74 bits per heavy atom. The van der Waals surface area contributed by atoms with Crippen molar-refractivity contribution < 1.29 is 14.8 Å². The van der Waals surface area contributed by atoms with Crippen molar-refractivity contribution in [1.29, 1.82) is 0 Å². The van der Waals surface area contributed by atoms with Crippen molar-refractivity contribution in [1.82, 2.24) is 9.78 Å². The summed E-state index contributed by atoms with van der Waals surface area (Å²) in [6.07, 6.45) is 0.779. The van der Waals surface area contributed by atoms with Gasteiger partial charge in [-0.2, -0.15) is 5.10 Å². The summed E-state index contributed by atoms with van der Waals surface area (Å²) in [6, 6.07) is 0. The van der Waals surface area contributed by atoms with Gasteiger partial charge in [0.05, 0.1) is 10.8 Å². The Labute approximate surface area is 110 Å². The number of nitrogens with zero attached hydrogens (tertiary/aromatic N) is 3. The van der Waals surface area contributed by atoms with E-state index in [1.807, 2.05) is 6.92 Å². The van der Waals surface area contributed by atoms with Crippen LogP contribution in [0, 0.1) is 23.0 Å². The number of aromatic nitrogens is 2. The zero-order valence-corrected chi connectivity index (χ0v) is 11.2. The number of carboxylic acid groups (broad SMARTS) is 1. The van der Waals surface area contributed by atoms with Gasteiger partial charge in [-0.1, -0.05) is 13.8 Å². The van der Waals surface area contributed by atoms with Crippen molar-refractivity contribution in [3.8, 4) is 0 Å². The molecule has 1 rings (SSSR count). The van der Waals surface area contributed by atoms with E-state index in [-0.39, 0.29) is 18.1 Å². The van der Waals surface area contributed by atoms with Crippen molar-refractivity contribution in [3.63, 3.8) is 0 Å². The minimum Gasteiger partial charge on any atom is -0.481 e. The predicted molar refractivity (Wildman–Crippen MR) is 69.2 cm³/mol. The first-order valence-corrected chi connectivity index (χ1v) is 6.06. The van der Waals surface area contributed by atoms with Crippen molar-refractivity contribution in [2.45, 2.75) is 33.7 Å². The van der Waals surface area contributed by atoms with E-state index < -0.39 is 16.8 Å². The number of aliphatic carboxylic acids is 1. The third-order valence-corrected chi connectivity index (χ3v) is 2.71. The van der Waals surface area contributed by atoms with Crippen LogP contribution in [0.15, 0.2) is 0 Å². The molecule has 0 aliphatic rings. The van der Waals surface area contributed by atoms with E-state index in [4.69, 9.17) is 5.11 Å². The van der Waals surface area contributed by atoms with E-state index >= 15 is 0 Å². The van der Waals surface area contributed by atoms with Gasteiger partial charge in [0.25, 0.3) is 0 Å². The first-order chi connectivity index (χ1) is 8.88. The SMILES string of the molecule is CCCn1nc(C)c([N+](=O)[O-])c1NCC(C)C(=O)O. The molecule has 0 saturated heterocycles. The molecule has 2 N–H and O–H groups in total. The minimum atomic E-state index is -0.951. The fraction of sp³-hybridized carbons (Fsp3) is 0.636. The molecule has 1 atom stereocenters. The maximum absolute atomic E-state index is 11.0. The Kier molecular flexibility index (Phi) is 4.85. The second-order valence-electron chi connectivity index (χ2n) is 4.38. The van der Waals surface area contributed by atoms with E-state index in [1.54, 1.807) is 6.92 Å².